The predicted octanol–water partition coefficient (Wildman–Crippen LogP) is 0.0257. The second kappa shape index (κ2) is 5.11. The molecule has 3 N–H and O–H groups in total. The van der Waals surface area contributed by atoms with Gasteiger partial charge in [-0.15, -0.1) is 6.58 Å². The maximum Gasteiger partial charge on any atom is 0.322 e. The maximum atomic E-state index is 11.8. The fourth-order valence-electron chi connectivity index (χ4n) is 1.15. The lowest BCUT2D eigenvalue weighted by molar-refractivity contribution is -0.138. The molecule has 0 aliphatic heterocycles. The first-order valence-electron chi connectivity index (χ1n) is 4.74. The number of carboxylic acids is 1. The van der Waals surface area contributed by atoms with Crippen LogP contribution in [0, 0.1) is 6.92 Å². The summed E-state index contributed by atoms with van der Waals surface area (Å²) < 4.78 is 25.6. The third kappa shape index (κ3) is 3.40. The number of sulfonamides is 1. The highest BCUT2D eigenvalue weighted by atomic mass is 32.2. The Hall–Kier alpha value is -1.67. The van der Waals surface area contributed by atoms with E-state index < -0.39 is 22.0 Å². The molecule has 94 valence electrons. The van der Waals surface area contributed by atoms with E-state index in [1.807, 2.05) is 0 Å². The Bertz CT molecular complexity index is 520. The Labute approximate surface area is 98.6 Å². The number of aromatic amines is 1. The van der Waals surface area contributed by atoms with Gasteiger partial charge in [0.25, 0.3) is 10.0 Å². The third-order valence-corrected chi connectivity index (χ3v) is 3.35. The molecule has 0 amide bonds. The molecule has 1 atom stereocenters. The molecule has 0 bridgehead atoms. The van der Waals surface area contributed by atoms with Crippen molar-refractivity contribution in [3.05, 3.63) is 24.7 Å². The SMILES string of the molecule is C=CCC(NS(=O)(=O)c1cnc(C)[nH]1)C(=O)O. The zero-order valence-electron chi connectivity index (χ0n) is 9.17. The van der Waals surface area contributed by atoms with E-state index in [2.05, 4.69) is 21.3 Å². The summed E-state index contributed by atoms with van der Waals surface area (Å²) in [6, 6.07) is -1.24. The third-order valence-electron chi connectivity index (χ3n) is 1.97. The van der Waals surface area contributed by atoms with Crippen molar-refractivity contribution in [1.29, 1.82) is 0 Å². The molecule has 1 rings (SSSR count). The Morgan fingerprint density at radius 3 is 2.82 bits per heavy atom. The van der Waals surface area contributed by atoms with Gasteiger partial charge in [0.05, 0.1) is 6.20 Å². The van der Waals surface area contributed by atoms with Crippen molar-refractivity contribution < 1.29 is 18.3 Å². The molecule has 0 aromatic carbocycles. The number of aliphatic carboxylic acids is 1. The van der Waals surface area contributed by atoms with Gasteiger partial charge in [-0.2, -0.15) is 4.72 Å². The highest BCUT2D eigenvalue weighted by Crippen LogP contribution is 2.07. The monoisotopic (exact) mass is 259 g/mol. The van der Waals surface area contributed by atoms with Gasteiger partial charge in [0.15, 0.2) is 5.03 Å². The van der Waals surface area contributed by atoms with Gasteiger partial charge < -0.3 is 10.1 Å². The van der Waals surface area contributed by atoms with Gasteiger partial charge in [0.2, 0.25) is 0 Å². The van der Waals surface area contributed by atoms with E-state index in [1.165, 1.54) is 6.08 Å². The number of carboxylic acid groups (broad SMARTS) is 1. The van der Waals surface area contributed by atoms with Crippen molar-refractivity contribution in [3.63, 3.8) is 0 Å². The van der Waals surface area contributed by atoms with Crippen LogP contribution in [0.15, 0.2) is 23.9 Å². The van der Waals surface area contributed by atoms with Crippen molar-refractivity contribution in [1.82, 2.24) is 14.7 Å². The average Bonchev–Trinajstić information content (AvgIpc) is 2.64. The highest BCUT2D eigenvalue weighted by molar-refractivity contribution is 7.89. The molecule has 1 aromatic rings. The van der Waals surface area contributed by atoms with Crippen LogP contribution in [0.3, 0.4) is 0 Å². The number of carbonyl (C=O) groups is 1. The van der Waals surface area contributed by atoms with Crippen LogP contribution in [-0.4, -0.2) is 35.5 Å². The summed E-state index contributed by atoms with van der Waals surface area (Å²) in [5, 5.41) is 8.66. The second-order valence-corrected chi connectivity index (χ2v) is 5.05. The van der Waals surface area contributed by atoms with Crippen LogP contribution in [0.1, 0.15) is 12.2 Å². The van der Waals surface area contributed by atoms with E-state index in [0.29, 0.717) is 5.82 Å². The number of rotatable bonds is 6. The molecule has 1 unspecified atom stereocenters. The molecule has 0 fully saturated rings. The van der Waals surface area contributed by atoms with E-state index in [0.717, 1.165) is 6.20 Å². The largest absolute Gasteiger partial charge is 0.480 e. The molecule has 0 saturated carbocycles. The smallest absolute Gasteiger partial charge is 0.322 e. The molecule has 8 heteroatoms. The van der Waals surface area contributed by atoms with Gasteiger partial charge in [-0.05, 0) is 13.3 Å². The molecule has 0 saturated heterocycles. The minimum absolute atomic E-state index is 0.00167. The zero-order chi connectivity index (χ0) is 13.1. The van der Waals surface area contributed by atoms with Gasteiger partial charge >= 0.3 is 5.97 Å². The Morgan fingerprint density at radius 1 is 1.76 bits per heavy atom. The van der Waals surface area contributed by atoms with E-state index in [4.69, 9.17) is 5.11 Å². The maximum absolute atomic E-state index is 11.8. The molecule has 1 heterocycles. The first kappa shape index (κ1) is 13.4. The van der Waals surface area contributed by atoms with Crippen LogP contribution in [-0.2, 0) is 14.8 Å². The van der Waals surface area contributed by atoms with Gasteiger partial charge in [-0.3, -0.25) is 4.79 Å². The zero-order valence-corrected chi connectivity index (χ0v) is 9.99. The molecule has 17 heavy (non-hydrogen) atoms. The summed E-state index contributed by atoms with van der Waals surface area (Å²) in [7, 11) is -3.90. The first-order chi connectivity index (χ1) is 7.86. The normalized spacial score (nSPS) is 13.2. The predicted molar refractivity (Wildman–Crippen MR) is 59.9 cm³/mol. The van der Waals surface area contributed by atoms with Crippen LogP contribution in [0.25, 0.3) is 0 Å². The summed E-state index contributed by atoms with van der Waals surface area (Å²) in [5.41, 5.74) is 0. The average molecular weight is 259 g/mol. The van der Waals surface area contributed by atoms with Gasteiger partial charge in [0.1, 0.15) is 11.9 Å². The molecule has 7 nitrogen and oxygen atoms in total. The molecule has 0 spiro atoms. The summed E-state index contributed by atoms with van der Waals surface area (Å²) in [5.74, 6) is -0.828. The number of imidazole rings is 1. The molecule has 0 aliphatic carbocycles. The minimum atomic E-state index is -3.90. The van der Waals surface area contributed by atoms with Crippen molar-refractivity contribution in [3.8, 4) is 0 Å². The van der Waals surface area contributed by atoms with Crippen LogP contribution in [0.5, 0.6) is 0 Å². The molecular formula is C9H13N3O4S. The summed E-state index contributed by atoms with van der Waals surface area (Å²) in [4.78, 5) is 17.1. The summed E-state index contributed by atoms with van der Waals surface area (Å²) in [6.45, 7) is 4.97. The molecular weight excluding hydrogens is 246 g/mol. The molecule has 0 radical (unpaired) electrons. The fourth-order valence-corrected chi connectivity index (χ4v) is 2.32. The van der Waals surface area contributed by atoms with Crippen molar-refractivity contribution in [2.24, 2.45) is 0 Å². The van der Waals surface area contributed by atoms with Crippen molar-refractivity contribution in [2.45, 2.75) is 24.4 Å². The standard InChI is InChI=1S/C9H13N3O4S/c1-3-4-7(9(13)14)12-17(15,16)8-5-10-6(2)11-8/h3,5,7,12H,1,4H2,2H3,(H,10,11)(H,13,14). The van der Waals surface area contributed by atoms with Crippen molar-refractivity contribution in [2.75, 3.05) is 0 Å². The first-order valence-corrected chi connectivity index (χ1v) is 6.23. The van der Waals surface area contributed by atoms with Crippen LogP contribution in [0.4, 0.5) is 0 Å². The second-order valence-electron chi connectivity index (χ2n) is 3.37. The van der Waals surface area contributed by atoms with E-state index >= 15 is 0 Å². The van der Waals surface area contributed by atoms with Crippen LogP contribution in [0.2, 0.25) is 0 Å². The Balaban J connectivity index is 2.92. The van der Waals surface area contributed by atoms with E-state index in [-0.39, 0.29) is 11.4 Å². The lowest BCUT2D eigenvalue weighted by Gasteiger charge is -2.11. The fraction of sp³-hybridized carbons (Fsp3) is 0.333. The van der Waals surface area contributed by atoms with Gasteiger partial charge in [-0.1, -0.05) is 6.08 Å². The Morgan fingerprint density at radius 2 is 2.41 bits per heavy atom. The highest BCUT2D eigenvalue weighted by Gasteiger charge is 2.25. The summed E-state index contributed by atoms with van der Waals surface area (Å²) >= 11 is 0. The number of aryl methyl sites for hydroxylation is 1. The summed E-state index contributed by atoms with van der Waals surface area (Å²) in [6.07, 6.45) is 2.46. The van der Waals surface area contributed by atoms with Crippen LogP contribution >= 0.6 is 0 Å². The lowest BCUT2D eigenvalue weighted by Crippen LogP contribution is -2.40. The number of nitrogens with zero attached hydrogens (tertiary/aromatic N) is 1. The number of hydrogen-bond acceptors (Lipinski definition) is 4. The topological polar surface area (TPSA) is 112 Å². The van der Waals surface area contributed by atoms with Crippen molar-refractivity contribution >= 4 is 16.0 Å². The Kier molecular flexibility index (Phi) is 4.02. The van der Waals surface area contributed by atoms with E-state index in [1.54, 1.807) is 6.92 Å². The van der Waals surface area contributed by atoms with E-state index in [9.17, 15) is 13.2 Å². The molecule has 0 aliphatic rings. The number of aromatic nitrogens is 2. The number of H-pyrrole nitrogens is 1. The number of hydrogen-bond donors (Lipinski definition) is 3. The molecule has 1 aromatic heterocycles. The van der Waals surface area contributed by atoms with Gasteiger partial charge in [0, 0.05) is 0 Å². The van der Waals surface area contributed by atoms with Crippen LogP contribution < -0.4 is 4.72 Å². The lowest BCUT2D eigenvalue weighted by atomic mass is 10.2. The van der Waals surface area contributed by atoms with Gasteiger partial charge in [-0.25, -0.2) is 13.4 Å². The number of nitrogens with one attached hydrogen (secondary N) is 2. The minimum Gasteiger partial charge on any atom is -0.480 e. The quantitative estimate of drug-likeness (QED) is 0.624.